The number of Topliss-reactive ketones (excluding diaryl/α,β-unsaturated/α-hetero) is 1. The van der Waals surface area contributed by atoms with Gasteiger partial charge in [0.15, 0.2) is 5.82 Å². The number of nitrogens with one attached hydrogen (secondary N) is 2. The van der Waals surface area contributed by atoms with Crippen molar-refractivity contribution in [2.24, 2.45) is 0 Å². The summed E-state index contributed by atoms with van der Waals surface area (Å²) in [5, 5.41) is 14.6. The van der Waals surface area contributed by atoms with Crippen LogP contribution in [0.3, 0.4) is 0 Å². The molecule has 0 atom stereocenters. The molecule has 0 aliphatic carbocycles. The van der Waals surface area contributed by atoms with Crippen LogP contribution in [0.2, 0.25) is 5.02 Å². The van der Waals surface area contributed by atoms with Crippen LogP contribution in [0.15, 0.2) is 63.0 Å². The van der Waals surface area contributed by atoms with Crippen LogP contribution in [0.4, 0.5) is 5.69 Å². The lowest BCUT2D eigenvalue weighted by molar-refractivity contribution is -0.672. The van der Waals surface area contributed by atoms with E-state index in [2.05, 4.69) is 20.8 Å². The Balaban J connectivity index is 1.43. The summed E-state index contributed by atoms with van der Waals surface area (Å²) in [6, 6.07) is 14.0. The fraction of sp³-hybridized carbons (Fsp3) is 0.150. The largest absolute Gasteiger partial charge is 0.497 e. The van der Waals surface area contributed by atoms with Crippen molar-refractivity contribution in [2.45, 2.75) is 11.7 Å². The highest BCUT2D eigenvalue weighted by Gasteiger charge is 2.31. The van der Waals surface area contributed by atoms with Crippen molar-refractivity contribution in [1.29, 1.82) is 0 Å². The van der Waals surface area contributed by atoms with Crippen LogP contribution in [-0.4, -0.2) is 38.8 Å². The Labute approximate surface area is 196 Å². The maximum Gasteiger partial charge on any atom is 0.438 e. The number of thioether (sulfide) groups is 1. The second-order valence-electron chi connectivity index (χ2n) is 6.70. The average molecular weight is 489 g/mol. The smallest absolute Gasteiger partial charge is 0.438 e. The van der Waals surface area contributed by atoms with Crippen molar-refractivity contribution in [3.63, 3.8) is 0 Å². The monoisotopic (exact) mass is 488 g/mol. The van der Waals surface area contributed by atoms with Gasteiger partial charge in [-0.25, -0.2) is 9.47 Å². The fourth-order valence-electron chi connectivity index (χ4n) is 2.90. The highest BCUT2D eigenvalue weighted by atomic mass is 35.5. The third kappa shape index (κ3) is 5.02. The van der Waals surface area contributed by atoms with Gasteiger partial charge in [0.2, 0.25) is 16.6 Å². The van der Waals surface area contributed by atoms with Crippen LogP contribution in [0.5, 0.6) is 5.75 Å². The topological polar surface area (TPSA) is 145 Å². The van der Waals surface area contributed by atoms with E-state index < -0.39 is 11.4 Å². The minimum Gasteiger partial charge on any atom is -0.497 e. The molecule has 0 unspecified atom stereocenters. The van der Waals surface area contributed by atoms with E-state index in [9.17, 15) is 9.59 Å². The number of benzene rings is 2. The van der Waals surface area contributed by atoms with Crippen molar-refractivity contribution in [3.05, 3.63) is 75.5 Å². The van der Waals surface area contributed by atoms with Crippen LogP contribution >= 0.6 is 23.4 Å². The highest BCUT2D eigenvalue weighted by Crippen LogP contribution is 2.18. The van der Waals surface area contributed by atoms with Gasteiger partial charge in [0.1, 0.15) is 5.75 Å². The molecule has 0 aliphatic rings. The molecule has 33 heavy (non-hydrogen) atoms. The molecule has 4 aromatic rings. The Morgan fingerprint density at radius 3 is 2.67 bits per heavy atom. The number of carbonyl (C=O) groups is 1. The zero-order valence-electron chi connectivity index (χ0n) is 17.3. The summed E-state index contributed by atoms with van der Waals surface area (Å²) in [6.07, 6.45) is 0. The van der Waals surface area contributed by atoms with Gasteiger partial charge < -0.3 is 15.9 Å². The zero-order chi connectivity index (χ0) is 23.4. The van der Waals surface area contributed by atoms with Gasteiger partial charge in [-0.3, -0.25) is 9.32 Å². The lowest BCUT2D eigenvalue weighted by Crippen LogP contribution is -2.41. The number of aromatic amines is 1. The number of aromatic nitrogens is 5. The molecule has 0 amide bonds. The Morgan fingerprint density at radius 2 is 1.97 bits per heavy atom. The normalized spacial score (nSPS) is 10.8. The number of methoxy groups -OCH3 is 1. The van der Waals surface area contributed by atoms with E-state index in [4.69, 9.17) is 26.7 Å². The van der Waals surface area contributed by atoms with Crippen molar-refractivity contribution in [3.8, 4) is 11.4 Å². The molecule has 0 aliphatic heterocycles. The number of carbonyl (C=O) groups excluding carboxylic acids is 1. The Morgan fingerprint density at radius 1 is 1.24 bits per heavy atom. The number of hydrogen-bond donors (Lipinski definition) is 3. The molecular formula is C20H19ClN7O4S+. The third-order valence-electron chi connectivity index (χ3n) is 4.60. The average Bonchev–Trinajstić information content (AvgIpc) is 3.39. The van der Waals surface area contributed by atoms with Gasteiger partial charge >= 0.3 is 11.3 Å². The molecule has 4 rings (SSSR count). The first-order chi connectivity index (χ1) is 16.0. The number of anilines is 1. The quantitative estimate of drug-likeness (QED) is 0.139. The van der Waals surface area contributed by atoms with Crippen molar-refractivity contribution < 1.29 is 18.7 Å². The molecule has 0 saturated carbocycles. The summed E-state index contributed by atoms with van der Waals surface area (Å²) in [4.78, 5) is 25.0. The van der Waals surface area contributed by atoms with Gasteiger partial charge in [-0.1, -0.05) is 23.4 Å². The van der Waals surface area contributed by atoms with E-state index >= 15 is 0 Å². The maximum absolute atomic E-state index is 12.8. The summed E-state index contributed by atoms with van der Waals surface area (Å²) >= 11 is 6.94. The van der Waals surface area contributed by atoms with Crippen LogP contribution in [0.25, 0.3) is 5.69 Å². The molecule has 0 bridgehead atoms. The Bertz CT molecular complexity index is 1320. The highest BCUT2D eigenvalue weighted by molar-refractivity contribution is 7.99. The van der Waals surface area contributed by atoms with E-state index in [1.807, 2.05) is 12.1 Å². The molecule has 2 heterocycles. The zero-order valence-corrected chi connectivity index (χ0v) is 18.9. The lowest BCUT2D eigenvalue weighted by Gasteiger charge is -2.06. The van der Waals surface area contributed by atoms with E-state index in [1.54, 1.807) is 43.5 Å². The van der Waals surface area contributed by atoms with E-state index in [0.29, 0.717) is 34.0 Å². The molecule has 2 aromatic heterocycles. The first-order valence-electron chi connectivity index (χ1n) is 9.59. The van der Waals surface area contributed by atoms with Crippen LogP contribution < -0.4 is 26.2 Å². The Hall–Kier alpha value is -3.77. The second-order valence-corrected chi connectivity index (χ2v) is 8.08. The summed E-state index contributed by atoms with van der Waals surface area (Å²) < 4.78 is 12.5. The Kier molecular flexibility index (Phi) is 6.66. The number of H-pyrrole nitrogens is 1. The number of nitrogens with zero attached hydrogens (tertiary/aromatic N) is 4. The van der Waals surface area contributed by atoms with Gasteiger partial charge in [-0.15, -0.1) is 10.2 Å². The summed E-state index contributed by atoms with van der Waals surface area (Å²) in [5.41, 5.74) is 0.445. The standard InChI is InChI=1S/C20H18ClN7O4S/c1-31-15-8-6-14(7-9-15)28-18(19(30)32-26-28)16(29)11-33-20-25-24-17(27(20)22)10-23-13-4-2-12(21)3-5-13/h2-9,23H,10-11,22H2,1H3/p+1. The number of nitrogen functional groups attached to an aromatic ring is 1. The molecule has 0 radical (unpaired) electrons. The maximum atomic E-state index is 12.8. The van der Waals surface area contributed by atoms with E-state index in [-0.39, 0.29) is 11.4 Å². The van der Waals surface area contributed by atoms with E-state index in [0.717, 1.165) is 17.4 Å². The van der Waals surface area contributed by atoms with Gasteiger partial charge in [-0.2, -0.15) is 0 Å². The molecule has 2 aromatic carbocycles. The number of ketones is 1. The molecule has 0 fully saturated rings. The van der Waals surface area contributed by atoms with Crippen molar-refractivity contribution >= 4 is 34.8 Å². The first-order valence-corrected chi connectivity index (χ1v) is 11.0. The van der Waals surface area contributed by atoms with Crippen LogP contribution in [-0.2, 0) is 6.54 Å². The van der Waals surface area contributed by atoms with Gasteiger partial charge in [0, 0.05) is 22.8 Å². The van der Waals surface area contributed by atoms with E-state index in [1.165, 1.54) is 9.36 Å². The number of halogens is 1. The lowest BCUT2D eigenvalue weighted by atomic mass is 10.2. The number of ether oxygens (including phenoxy) is 1. The molecular weight excluding hydrogens is 470 g/mol. The fourth-order valence-corrected chi connectivity index (χ4v) is 3.76. The molecule has 13 heteroatoms. The minimum absolute atomic E-state index is 0.0985. The molecule has 4 N–H and O–H groups in total. The SMILES string of the molecule is COc1ccc(-[n+]2[nH]oc(=O)c2C(=O)CSc2nnc(CNc3ccc(Cl)cc3)n2N)cc1. The van der Waals surface area contributed by atoms with Gasteiger partial charge in [0.25, 0.3) is 0 Å². The van der Waals surface area contributed by atoms with Crippen LogP contribution in [0.1, 0.15) is 16.3 Å². The number of nitrogens with two attached hydrogens (primary N) is 1. The number of hydrogen-bond acceptors (Lipinski definition) is 9. The third-order valence-corrected chi connectivity index (χ3v) is 5.80. The van der Waals surface area contributed by atoms with Gasteiger partial charge in [0.05, 0.1) is 19.4 Å². The minimum atomic E-state index is -0.779. The molecule has 0 spiro atoms. The summed E-state index contributed by atoms with van der Waals surface area (Å²) in [6.45, 7) is 0.318. The molecule has 11 nitrogen and oxygen atoms in total. The summed E-state index contributed by atoms with van der Waals surface area (Å²) in [7, 11) is 1.55. The summed E-state index contributed by atoms with van der Waals surface area (Å²) in [5.74, 6) is 6.61. The molecule has 0 saturated heterocycles. The first kappa shape index (κ1) is 22.4. The number of rotatable bonds is 9. The second kappa shape index (κ2) is 9.79. The predicted molar refractivity (Wildman–Crippen MR) is 121 cm³/mol. The van der Waals surface area contributed by atoms with Crippen molar-refractivity contribution in [1.82, 2.24) is 20.1 Å². The van der Waals surface area contributed by atoms with Gasteiger partial charge in [-0.05, 0) is 46.4 Å². The molecule has 170 valence electrons. The van der Waals surface area contributed by atoms with Crippen molar-refractivity contribution in [2.75, 3.05) is 24.0 Å². The predicted octanol–water partition coefficient (Wildman–Crippen LogP) is 1.80. The van der Waals surface area contributed by atoms with Crippen LogP contribution in [0, 0.1) is 0 Å².